The maximum Gasteiger partial charge on any atom is 0.195 e. The molecular weight excluding hydrogens is 234 g/mol. The van der Waals surface area contributed by atoms with Gasteiger partial charge in [0.15, 0.2) is 4.77 Å². The summed E-state index contributed by atoms with van der Waals surface area (Å²) in [5.74, 6) is 2.31. The summed E-state index contributed by atoms with van der Waals surface area (Å²) >= 11 is 5.28. The Balaban J connectivity index is 2.27. The first-order valence-electron chi connectivity index (χ1n) is 5.78. The molecule has 2 aromatic rings. The van der Waals surface area contributed by atoms with Gasteiger partial charge < -0.3 is 8.98 Å². The van der Waals surface area contributed by atoms with Crippen LogP contribution in [0.4, 0.5) is 0 Å². The van der Waals surface area contributed by atoms with Gasteiger partial charge in [0.25, 0.3) is 0 Å². The molecule has 0 amide bonds. The van der Waals surface area contributed by atoms with Gasteiger partial charge in [-0.05, 0) is 31.3 Å². The smallest absolute Gasteiger partial charge is 0.195 e. The molecule has 1 atom stereocenters. The Morgan fingerprint density at radius 2 is 2.24 bits per heavy atom. The number of hydrogen-bond donors (Lipinski definition) is 1. The topological polar surface area (TPSA) is 46.8 Å². The van der Waals surface area contributed by atoms with Crippen LogP contribution in [0.5, 0.6) is 0 Å². The second kappa shape index (κ2) is 4.87. The van der Waals surface area contributed by atoms with Crippen LogP contribution in [0.25, 0.3) is 0 Å². The Labute approximate surface area is 106 Å². The van der Waals surface area contributed by atoms with Gasteiger partial charge in [0.2, 0.25) is 0 Å². The Morgan fingerprint density at radius 1 is 1.47 bits per heavy atom. The van der Waals surface area contributed by atoms with Gasteiger partial charge in [0.1, 0.15) is 11.6 Å². The van der Waals surface area contributed by atoms with E-state index in [0.717, 1.165) is 18.0 Å². The molecule has 2 rings (SSSR count). The fourth-order valence-electron chi connectivity index (χ4n) is 1.96. The molecule has 2 aromatic heterocycles. The fourth-order valence-corrected chi connectivity index (χ4v) is 2.28. The molecule has 1 N–H and O–H groups in total. The molecule has 0 saturated heterocycles. The monoisotopic (exact) mass is 251 g/mol. The standard InChI is InChI=1S/C12H17N3OS/c1-8(2)11-13-14-12(17)15(11)9(3)7-10-5-4-6-16-10/h4-6,8-9H,7H2,1-3H3,(H,14,17). The number of aromatic nitrogens is 3. The van der Waals surface area contributed by atoms with E-state index in [1.165, 1.54) is 0 Å². The van der Waals surface area contributed by atoms with Crippen molar-refractivity contribution in [3.63, 3.8) is 0 Å². The first kappa shape index (κ1) is 12.1. The van der Waals surface area contributed by atoms with Crippen LogP contribution in [0.1, 0.15) is 44.3 Å². The number of aromatic amines is 1. The fraction of sp³-hybridized carbons (Fsp3) is 0.500. The number of nitrogens with zero attached hydrogens (tertiary/aromatic N) is 2. The summed E-state index contributed by atoms with van der Waals surface area (Å²) in [7, 11) is 0. The molecule has 0 aromatic carbocycles. The second-order valence-corrected chi connectivity index (χ2v) is 4.93. The van der Waals surface area contributed by atoms with Crippen LogP contribution in [-0.4, -0.2) is 14.8 Å². The third-order valence-electron chi connectivity index (χ3n) is 2.77. The van der Waals surface area contributed by atoms with Gasteiger partial charge in [0.05, 0.1) is 6.26 Å². The summed E-state index contributed by atoms with van der Waals surface area (Å²) in [6.07, 6.45) is 2.51. The highest BCUT2D eigenvalue weighted by atomic mass is 32.1. The molecule has 2 heterocycles. The van der Waals surface area contributed by atoms with E-state index in [4.69, 9.17) is 16.6 Å². The maximum absolute atomic E-state index is 5.36. The van der Waals surface area contributed by atoms with Crippen LogP contribution >= 0.6 is 12.2 Å². The molecule has 17 heavy (non-hydrogen) atoms. The van der Waals surface area contributed by atoms with Crippen LogP contribution in [-0.2, 0) is 6.42 Å². The number of hydrogen-bond acceptors (Lipinski definition) is 3. The highest BCUT2D eigenvalue weighted by molar-refractivity contribution is 7.71. The summed E-state index contributed by atoms with van der Waals surface area (Å²) in [6.45, 7) is 6.35. The largest absolute Gasteiger partial charge is 0.469 e. The average molecular weight is 251 g/mol. The molecule has 0 bridgehead atoms. The predicted octanol–water partition coefficient (Wildman–Crippen LogP) is 3.46. The lowest BCUT2D eigenvalue weighted by atomic mass is 10.1. The van der Waals surface area contributed by atoms with Gasteiger partial charge in [-0.25, -0.2) is 0 Å². The molecule has 0 spiro atoms. The van der Waals surface area contributed by atoms with E-state index in [9.17, 15) is 0 Å². The number of nitrogens with one attached hydrogen (secondary N) is 1. The quantitative estimate of drug-likeness (QED) is 0.846. The SMILES string of the molecule is CC(C)c1n[nH]c(=S)n1C(C)Cc1ccco1. The van der Waals surface area contributed by atoms with Gasteiger partial charge in [0, 0.05) is 18.4 Å². The molecule has 92 valence electrons. The van der Waals surface area contributed by atoms with Crippen molar-refractivity contribution in [3.05, 3.63) is 34.8 Å². The van der Waals surface area contributed by atoms with Crippen LogP contribution in [0.2, 0.25) is 0 Å². The number of H-pyrrole nitrogens is 1. The Bertz CT molecular complexity index is 524. The van der Waals surface area contributed by atoms with E-state index >= 15 is 0 Å². The summed E-state index contributed by atoms with van der Waals surface area (Å²) in [5, 5.41) is 7.15. The highest BCUT2D eigenvalue weighted by Gasteiger charge is 2.16. The van der Waals surface area contributed by atoms with Crippen LogP contribution in [0.3, 0.4) is 0 Å². The van der Waals surface area contributed by atoms with E-state index in [1.807, 2.05) is 12.1 Å². The van der Waals surface area contributed by atoms with Crippen molar-refractivity contribution in [2.24, 2.45) is 0 Å². The van der Waals surface area contributed by atoms with Gasteiger partial charge in [-0.3, -0.25) is 5.10 Å². The zero-order valence-electron chi connectivity index (χ0n) is 10.3. The van der Waals surface area contributed by atoms with E-state index in [-0.39, 0.29) is 6.04 Å². The molecule has 0 saturated carbocycles. The predicted molar refractivity (Wildman–Crippen MR) is 68.6 cm³/mol. The third kappa shape index (κ3) is 2.49. The Hall–Kier alpha value is -1.36. The zero-order chi connectivity index (χ0) is 12.4. The lowest BCUT2D eigenvalue weighted by Gasteiger charge is -2.15. The minimum Gasteiger partial charge on any atom is -0.469 e. The van der Waals surface area contributed by atoms with Crippen molar-refractivity contribution >= 4 is 12.2 Å². The van der Waals surface area contributed by atoms with Crippen molar-refractivity contribution in [2.75, 3.05) is 0 Å². The van der Waals surface area contributed by atoms with Crippen LogP contribution in [0, 0.1) is 4.77 Å². The van der Waals surface area contributed by atoms with Crippen molar-refractivity contribution in [1.82, 2.24) is 14.8 Å². The Kier molecular flexibility index (Phi) is 3.47. The average Bonchev–Trinajstić information content (AvgIpc) is 2.86. The van der Waals surface area contributed by atoms with Crippen molar-refractivity contribution in [1.29, 1.82) is 0 Å². The summed E-state index contributed by atoms with van der Waals surface area (Å²) < 4.78 is 8.11. The zero-order valence-corrected chi connectivity index (χ0v) is 11.1. The molecule has 0 aliphatic rings. The highest BCUT2D eigenvalue weighted by Crippen LogP contribution is 2.20. The van der Waals surface area contributed by atoms with Crippen molar-refractivity contribution < 1.29 is 4.42 Å². The van der Waals surface area contributed by atoms with E-state index in [1.54, 1.807) is 6.26 Å². The number of furan rings is 1. The molecular formula is C12H17N3OS. The molecule has 0 aliphatic heterocycles. The lowest BCUT2D eigenvalue weighted by Crippen LogP contribution is -2.13. The van der Waals surface area contributed by atoms with Gasteiger partial charge in [-0.2, -0.15) is 5.10 Å². The molecule has 5 heteroatoms. The molecule has 4 nitrogen and oxygen atoms in total. The molecule has 0 aliphatic carbocycles. The second-order valence-electron chi connectivity index (χ2n) is 4.54. The molecule has 0 radical (unpaired) electrons. The van der Waals surface area contributed by atoms with Crippen molar-refractivity contribution in [2.45, 2.75) is 39.2 Å². The Morgan fingerprint density at radius 3 is 2.82 bits per heavy atom. The van der Waals surface area contributed by atoms with Crippen LogP contribution in [0.15, 0.2) is 22.8 Å². The molecule has 1 unspecified atom stereocenters. The third-order valence-corrected chi connectivity index (χ3v) is 3.05. The van der Waals surface area contributed by atoms with Crippen molar-refractivity contribution in [3.8, 4) is 0 Å². The van der Waals surface area contributed by atoms with Gasteiger partial charge in [-0.1, -0.05) is 13.8 Å². The van der Waals surface area contributed by atoms with Gasteiger partial charge in [-0.15, -0.1) is 0 Å². The maximum atomic E-state index is 5.36. The van der Waals surface area contributed by atoms with E-state index in [2.05, 4.69) is 35.5 Å². The number of rotatable bonds is 4. The molecule has 0 fully saturated rings. The van der Waals surface area contributed by atoms with Gasteiger partial charge >= 0.3 is 0 Å². The lowest BCUT2D eigenvalue weighted by molar-refractivity contribution is 0.434. The first-order valence-corrected chi connectivity index (χ1v) is 6.19. The normalized spacial score (nSPS) is 13.2. The van der Waals surface area contributed by atoms with Crippen LogP contribution < -0.4 is 0 Å². The minimum atomic E-state index is 0.241. The summed E-state index contributed by atoms with van der Waals surface area (Å²) in [4.78, 5) is 0. The minimum absolute atomic E-state index is 0.241. The summed E-state index contributed by atoms with van der Waals surface area (Å²) in [6, 6.07) is 4.12. The van der Waals surface area contributed by atoms with E-state index < -0.39 is 0 Å². The first-order chi connectivity index (χ1) is 8.09. The van der Waals surface area contributed by atoms with E-state index in [0.29, 0.717) is 10.7 Å². The summed E-state index contributed by atoms with van der Waals surface area (Å²) in [5.41, 5.74) is 0.